The minimum atomic E-state index is 0. The number of hydrogen-bond acceptors (Lipinski definition) is 4. The van der Waals surface area contributed by atoms with Crippen molar-refractivity contribution >= 4 is 29.9 Å². The Hall–Kier alpha value is -2.62. The Labute approximate surface area is 195 Å². The highest BCUT2D eigenvalue weighted by molar-refractivity contribution is 14.0. The lowest BCUT2D eigenvalue weighted by Crippen LogP contribution is -2.38. The zero-order valence-electron chi connectivity index (χ0n) is 17.9. The number of rotatable bonds is 7. The van der Waals surface area contributed by atoms with Crippen molar-refractivity contribution in [1.29, 1.82) is 0 Å². The predicted octanol–water partition coefficient (Wildman–Crippen LogP) is 3.80. The summed E-state index contributed by atoms with van der Waals surface area (Å²) in [5, 5.41) is 3.40. The van der Waals surface area contributed by atoms with Crippen LogP contribution in [-0.4, -0.2) is 46.1 Å². The number of pyridine rings is 1. The maximum Gasteiger partial charge on any atom is 0.193 e. The van der Waals surface area contributed by atoms with Crippen molar-refractivity contribution in [2.24, 2.45) is 4.99 Å². The molecule has 2 aromatic heterocycles. The summed E-state index contributed by atoms with van der Waals surface area (Å²) in [6.45, 7) is 6.02. The van der Waals surface area contributed by atoms with Crippen LogP contribution >= 0.6 is 24.0 Å². The molecule has 30 heavy (non-hydrogen) atoms. The Balaban J connectivity index is 0.00000320. The molecule has 0 unspecified atom stereocenters. The Morgan fingerprint density at radius 2 is 1.87 bits per heavy atom. The summed E-state index contributed by atoms with van der Waals surface area (Å²) < 4.78 is 7.46. The highest BCUT2D eigenvalue weighted by atomic mass is 127. The molecule has 1 aromatic carbocycles. The minimum absolute atomic E-state index is 0. The van der Waals surface area contributed by atoms with Crippen molar-refractivity contribution in [2.75, 3.05) is 20.7 Å². The van der Waals surface area contributed by atoms with E-state index in [0.29, 0.717) is 13.2 Å². The molecule has 0 bridgehead atoms. The van der Waals surface area contributed by atoms with Crippen molar-refractivity contribution < 1.29 is 4.74 Å². The van der Waals surface area contributed by atoms with Gasteiger partial charge in [-0.3, -0.25) is 9.56 Å². The van der Waals surface area contributed by atoms with E-state index in [9.17, 15) is 0 Å². The summed E-state index contributed by atoms with van der Waals surface area (Å²) in [5.41, 5.74) is 2.28. The molecule has 0 spiro atoms. The number of aryl methyl sites for hydroxylation is 1. The molecule has 7 nitrogen and oxygen atoms in total. The topological polar surface area (TPSA) is 67.6 Å². The Morgan fingerprint density at radius 3 is 2.43 bits per heavy atom. The fourth-order valence-corrected chi connectivity index (χ4v) is 3.06. The van der Waals surface area contributed by atoms with Gasteiger partial charge in [0.1, 0.15) is 17.4 Å². The number of nitrogens with zero attached hydrogens (tertiary/aromatic N) is 5. The number of halogens is 1. The fraction of sp³-hybridized carbons (Fsp3) is 0.318. The van der Waals surface area contributed by atoms with E-state index in [1.54, 1.807) is 13.2 Å². The standard InChI is InChI=1S/C22H28N6O.HI/c1-5-29-20-9-6-18(7-10-20)16-27(4)22(23-3)26-15-19-8-11-21(25-14-19)28-13-12-24-17(28)2;/h6-14H,5,15-16H2,1-4H3,(H,23,26);1H. The monoisotopic (exact) mass is 520 g/mol. The molecular formula is C22H29IN6O. The van der Waals surface area contributed by atoms with Crippen LogP contribution in [0.2, 0.25) is 0 Å². The number of aliphatic imine (C=N–C) groups is 1. The SMILES string of the molecule is CCOc1ccc(CN(C)C(=NC)NCc2ccc(-n3ccnc3C)nc2)cc1.I. The molecule has 160 valence electrons. The van der Waals surface area contributed by atoms with Crippen LogP contribution in [0.3, 0.4) is 0 Å². The van der Waals surface area contributed by atoms with Crippen LogP contribution in [0.25, 0.3) is 5.82 Å². The average molecular weight is 520 g/mol. The van der Waals surface area contributed by atoms with Gasteiger partial charge in [-0.2, -0.15) is 0 Å². The Bertz CT molecular complexity index is 937. The lowest BCUT2D eigenvalue weighted by Gasteiger charge is -2.22. The molecular weight excluding hydrogens is 491 g/mol. The third-order valence-electron chi connectivity index (χ3n) is 4.56. The highest BCUT2D eigenvalue weighted by Gasteiger charge is 2.08. The van der Waals surface area contributed by atoms with Crippen LogP contribution < -0.4 is 10.1 Å². The first kappa shape index (κ1) is 23.7. The van der Waals surface area contributed by atoms with Crippen molar-refractivity contribution in [3.63, 3.8) is 0 Å². The van der Waals surface area contributed by atoms with Crippen LogP contribution in [0.4, 0.5) is 0 Å². The number of guanidine groups is 1. The summed E-state index contributed by atoms with van der Waals surface area (Å²) in [6, 6.07) is 12.2. The lowest BCUT2D eigenvalue weighted by atomic mass is 10.2. The molecule has 0 atom stereocenters. The van der Waals surface area contributed by atoms with Gasteiger partial charge in [-0.05, 0) is 43.2 Å². The number of benzene rings is 1. The summed E-state index contributed by atoms with van der Waals surface area (Å²) in [7, 11) is 3.81. The minimum Gasteiger partial charge on any atom is -0.494 e. The number of hydrogen-bond donors (Lipinski definition) is 1. The summed E-state index contributed by atoms with van der Waals surface area (Å²) in [5.74, 6) is 3.50. The second kappa shape index (κ2) is 11.5. The van der Waals surface area contributed by atoms with Gasteiger partial charge < -0.3 is 15.0 Å². The maximum atomic E-state index is 5.50. The molecule has 0 aliphatic heterocycles. The van der Waals surface area contributed by atoms with E-state index in [1.807, 2.05) is 56.1 Å². The van der Waals surface area contributed by atoms with Crippen molar-refractivity contribution in [3.8, 4) is 11.6 Å². The van der Waals surface area contributed by atoms with E-state index in [-0.39, 0.29) is 24.0 Å². The van der Waals surface area contributed by atoms with E-state index in [4.69, 9.17) is 4.74 Å². The summed E-state index contributed by atoms with van der Waals surface area (Å²) in [4.78, 5) is 15.3. The summed E-state index contributed by atoms with van der Waals surface area (Å²) >= 11 is 0. The Kier molecular flexibility index (Phi) is 9.10. The predicted molar refractivity (Wildman–Crippen MR) is 131 cm³/mol. The zero-order chi connectivity index (χ0) is 20.6. The number of nitrogens with one attached hydrogen (secondary N) is 1. The average Bonchev–Trinajstić information content (AvgIpc) is 3.16. The van der Waals surface area contributed by atoms with Crippen LogP contribution in [0.1, 0.15) is 23.9 Å². The van der Waals surface area contributed by atoms with Gasteiger partial charge in [0.25, 0.3) is 0 Å². The largest absolute Gasteiger partial charge is 0.494 e. The van der Waals surface area contributed by atoms with Gasteiger partial charge in [0.05, 0.1) is 6.61 Å². The van der Waals surface area contributed by atoms with Gasteiger partial charge in [-0.15, -0.1) is 24.0 Å². The number of ether oxygens (including phenoxy) is 1. The molecule has 3 rings (SSSR count). The zero-order valence-corrected chi connectivity index (χ0v) is 20.2. The quantitative estimate of drug-likeness (QED) is 0.292. The molecule has 0 aliphatic rings. The molecule has 2 heterocycles. The molecule has 0 saturated carbocycles. The first-order valence-corrected chi connectivity index (χ1v) is 9.69. The maximum absolute atomic E-state index is 5.50. The Morgan fingerprint density at radius 1 is 1.13 bits per heavy atom. The molecule has 8 heteroatoms. The van der Waals surface area contributed by atoms with Gasteiger partial charge in [0, 0.05) is 45.8 Å². The van der Waals surface area contributed by atoms with Crippen molar-refractivity contribution in [2.45, 2.75) is 26.9 Å². The number of aromatic nitrogens is 3. The lowest BCUT2D eigenvalue weighted by molar-refractivity contribution is 0.340. The van der Waals surface area contributed by atoms with Gasteiger partial charge in [0.15, 0.2) is 5.96 Å². The second-order valence-corrected chi connectivity index (χ2v) is 6.70. The van der Waals surface area contributed by atoms with Crippen molar-refractivity contribution in [3.05, 3.63) is 71.9 Å². The van der Waals surface area contributed by atoms with E-state index < -0.39 is 0 Å². The van der Waals surface area contributed by atoms with E-state index in [1.165, 1.54) is 5.56 Å². The smallest absolute Gasteiger partial charge is 0.193 e. The molecule has 0 radical (unpaired) electrons. The van der Waals surface area contributed by atoms with Crippen molar-refractivity contribution in [1.82, 2.24) is 24.8 Å². The van der Waals surface area contributed by atoms with Crippen LogP contribution in [0.5, 0.6) is 5.75 Å². The number of imidazole rings is 1. The van der Waals surface area contributed by atoms with Gasteiger partial charge in [0.2, 0.25) is 0 Å². The highest BCUT2D eigenvalue weighted by Crippen LogP contribution is 2.13. The first-order valence-electron chi connectivity index (χ1n) is 9.69. The van der Waals surface area contributed by atoms with Gasteiger partial charge in [-0.1, -0.05) is 18.2 Å². The third kappa shape index (κ3) is 6.19. The van der Waals surface area contributed by atoms with Crippen LogP contribution in [0.15, 0.2) is 60.0 Å². The van der Waals surface area contributed by atoms with E-state index in [0.717, 1.165) is 35.5 Å². The molecule has 0 amide bonds. The molecule has 0 aliphatic carbocycles. The molecule has 0 saturated heterocycles. The normalized spacial score (nSPS) is 11.0. The molecule has 0 fully saturated rings. The second-order valence-electron chi connectivity index (χ2n) is 6.70. The molecule has 1 N–H and O–H groups in total. The molecule has 3 aromatic rings. The first-order chi connectivity index (χ1) is 14.1. The van der Waals surface area contributed by atoms with E-state index >= 15 is 0 Å². The van der Waals surface area contributed by atoms with Crippen LogP contribution in [0, 0.1) is 6.92 Å². The van der Waals surface area contributed by atoms with E-state index in [2.05, 4.69) is 43.4 Å². The van der Waals surface area contributed by atoms with Crippen LogP contribution in [-0.2, 0) is 13.1 Å². The summed E-state index contributed by atoms with van der Waals surface area (Å²) in [6.07, 6.45) is 5.56. The third-order valence-corrected chi connectivity index (χ3v) is 4.56. The van der Waals surface area contributed by atoms with Gasteiger partial charge in [-0.25, -0.2) is 9.97 Å². The van der Waals surface area contributed by atoms with Gasteiger partial charge >= 0.3 is 0 Å². The fourth-order valence-electron chi connectivity index (χ4n) is 3.06.